The van der Waals surface area contributed by atoms with Crippen LogP contribution in [0.5, 0.6) is 0 Å². The van der Waals surface area contributed by atoms with Crippen molar-refractivity contribution in [1.82, 2.24) is 10.3 Å². The molecule has 35 heavy (non-hydrogen) atoms. The summed E-state index contributed by atoms with van der Waals surface area (Å²) >= 11 is 3.11. The number of carbonyl (C=O) groups excluding carboxylic acids is 2. The molecule has 2 aromatic heterocycles. The normalized spacial score (nSPS) is 32.3. The highest BCUT2D eigenvalue weighted by Gasteiger charge is 2.59. The first-order chi connectivity index (χ1) is 16.7. The fourth-order valence-electron chi connectivity index (χ4n) is 6.43. The Morgan fingerprint density at radius 3 is 2.71 bits per heavy atom. The number of nitrogens with one attached hydrogen (secondary N) is 2. The maximum atomic E-state index is 13.1. The Morgan fingerprint density at radius 2 is 2.06 bits per heavy atom. The third kappa shape index (κ3) is 4.45. The minimum atomic E-state index is -0.657. The van der Waals surface area contributed by atoms with E-state index in [1.54, 1.807) is 11.3 Å². The van der Waals surface area contributed by atoms with Crippen LogP contribution >= 0.6 is 22.7 Å². The van der Waals surface area contributed by atoms with Gasteiger partial charge in [-0.2, -0.15) is 0 Å². The fraction of sp³-hybridized carbons (Fsp3) is 0.654. The van der Waals surface area contributed by atoms with Crippen LogP contribution < -0.4 is 10.6 Å². The van der Waals surface area contributed by atoms with Gasteiger partial charge in [0.25, 0.3) is 0 Å². The summed E-state index contributed by atoms with van der Waals surface area (Å²) in [7, 11) is 0. The van der Waals surface area contributed by atoms with Crippen molar-refractivity contribution in [2.45, 2.75) is 77.4 Å². The lowest BCUT2D eigenvalue weighted by atomic mass is 9.47. The highest BCUT2D eigenvalue weighted by atomic mass is 32.1. The smallest absolute Gasteiger partial charge is 0.229 e. The summed E-state index contributed by atoms with van der Waals surface area (Å²) in [5.74, 6) is -0.0684. The molecule has 5 unspecified atom stereocenters. The second-order valence-corrected chi connectivity index (χ2v) is 13.2. The first kappa shape index (κ1) is 24.9. The first-order valence-corrected chi connectivity index (χ1v) is 14.3. The molecule has 0 aromatic carbocycles. The van der Waals surface area contributed by atoms with Gasteiger partial charge in [-0.3, -0.25) is 9.59 Å². The molecule has 3 aliphatic carbocycles. The van der Waals surface area contributed by atoms with Crippen molar-refractivity contribution in [3.8, 4) is 0 Å². The van der Waals surface area contributed by atoms with E-state index in [0.29, 0.717) is 30.9 Å². The van der Waals surface area contributed by atoms with Gasteiger partial charge in [-0.15, -0.1) is 22.7 Å². The van der Waals surface area contributed by atoms with Crippen molar-refractivity contribution < 1.29 is 19.8 Å². The standard InChI is InChI=1S/C26H35N3O4S2/c1-25-9-8-20(31)26(2,14-30)19(25)12-18-22(28-24(35-18)29-23(33)15-5-3-6-15)17(25)11-21(32)27-13-16-7-4-10-34-16/h4,7,10,15,17,19-20,30-31H,3,5-6,8-9,11-14H2,1-2H3,(H,27,32)(H,28,29,33). The Hall–Kier alpha value is -1.81. The SMILES string of the molecule is CC1(CO)C(O)CCC2(C)C(CC(=O)NCc3cccs3)c3nc(NC(=O)C4CCC4)sc3CC12. The van der Waals surface area contributed by atoms with Gasteiger partial charge in [0.1, 0.15) is 0 Å². The van der Waals surface area contributed by atoms with Crippen molar-refractivity contribution in [3.63, 3.8) is 0 Å². The molecule has 2 aromatic rings. The first-order valence-electron chi connectivity index (χ1n) is 12.6. The van der Waals surface area contributed by atoms with E-state index < -0.39 is 11.5 Å². The summed E-state index contributed by atoms with van der Waals surface area (Å²) in [6.07, 6.45) is 4.68. The zero-order valence-corrected chi connectivity index (χ0v) is 22.0. The number of hydrogen-bond donors (Lipinski definition) is 4. The minimum Gasteiger partial charge on any atom is -0.396 e. The highest BCUT2D eigenvalue weighted by Crippen LogP contribution is 2.62. The lowest BCUT2D eigenvalue weighted by Gasteiger charge is -2.58. The number of rotatable bonds is 7. The number of thiazole rings is 1. The Bertz CT molecular complexity index is 1080. The third-order valence-corrected chi connectivity index (χ3v) is 10.9. The zero-order valence-electron chi connectivity index (χ0n) is 20.4. The Balaban J connectivity index is 1.44. The molecular weight excluding hydrogens is 482 g/mol. The third-order valence-electron chi connectivity index (χ3n) is 9.03. The summed E-state index contributed by atoms with van der Waals surface area (Å²) in [4.78, 5) is 32.8. The number of aromatic nitrogens is 1. The molecule has 9 heteroatoms. The van der Waals surface area contributed by atoms with Gasteiger partial charge in [-0.25, -0.2) is 4.98 Å². The van der Waals surface area contributed by atoms with Crippen LogP contribution in [0.15, 0.2) is 17.5 Å². The number of thiophene rings is 1. The zero-order chi connectivity index (χ0) is 24.8. The van der Waals surface area contributed by atoms with Crippen LogP contribution in [-0.2, 0) is 22.6 Å². The predicted octanol–water partition coefficient (Wildman–Crippen LogP) is 4.07. The molecule has 0 aliphatic heterocycles. The summed E-state index contributed by atoms with van der Waals surface area (Å²) in [6, 6.07) is 3.98. The average Bonchev–Trinajstić information content (AvgIpc) is 3.45. The quantitative estimate of drug-likeness (QED) is 0.443. The molecule has 0 radical (unpaired) electrons. The lowest BCUT2D eigenvalue weighted by Crippen LogP contribution is -2.57. The molecule has 0 saturated heterocycles. The number of anilines is 1. The molecule has 0 bridgehead atoms. The van der Waals surface area contributed by atoms with Gasteiger partial charge in [0.2, 0.25) is 11.8 Å². The summed E-state index contributed by atoms with van der Waals surface area (Å²) in [6.45, 7) is 4.57. The van der Waals surface area contributed by atoms with Gasteiger partial charge in [-0.05, 0) is 54.9 Å². The largest absolute Gasteiger partial charge is 0.396 e. The fourth-order valence-corrected chi connectivity index (χ4v) is 8.15. The van der Waals surface area contributed by atoms with Crippen LogP contribution in [0, 0.1) is 22.7 Å². The number of amides is 2. The van der Waals surface area contributed by atoms with Crippen molar-refractivity contribution in [2.24, 2.45) is 22.7 Å². The van der Waals surface area contributed by atoms with E-state index in [1.807, 2.05) is 24.4 Å². The van der Waals surface area contributed by atoms with Gasteiger partial charge in [-0.1, -0.05) is 26.3 Å². The van der Waals surface area contributed by atoms with E-state index in [9.17, 15) is 19.8 Å². The molecule has 2 heterocycles. The van der Waals surface area contributed by atoms with Crippen LogP contribution in [0.4, 0.5) is 5.13 Å². The topological polar surface area (TPSA) is 112 Å². The van der Waals surface area contributed by atoms with Crippen LogP contribution in [0.2, 0.25) is 0 Å². The molecule has 190 valence electrons. The second-order valence-electron chi connectivity index (χ2n) is 11.0. The lowest BCUT2D eigenvalue weighted by molar-refractivity contribution is -0.144. The van der Waals surface area contributed by atoms with Crippen LogP contribution in [0.1, 0.15) is 73.7 Å². The number of nitrogens with zero attached hydrogens (tertiary/aromatic N) is 1. The number of hydrogen-bond acceptors (Lipinski definition) is 7. The van der Waals surface area contributed by atoms with Gasteiger partial charge < -0.3 is 20.8 Å². The number of aliphatic hydroxyl groups excluding tert-OH is 2. The van der Waals surface area contributed by atoms with E-state index in [2.05, 4.69) is 17.6 Å². The molecule has 2 fully saturated rings. The van der Waals surface area contributed by atoms with E-state index in [-0.39, 0.29) is 41.6 Å². The van der Waals surface area contributed by atoms with E-state index in [4.69, 9.17) is 4.98 Å². The van der Waals surface area contributed by atoms with Crippen LogP contribution in [-0.4, -0.2) is 39.7 Å². The van der Waals surface area contributed by atoms with Crippen LogP contribution in [0.25, 0.3) is 0 Å². The maximum Gasteiger partial charge on any atom is 0.229 e. The summed E-state index contributed by atoms with van der Waals surface area (Å²) in [5, 5.41) is 30.0. The number of carbonyl (C=O) groups is 2. The second kappa shape index (κ2) is 9.57. The summed E-state index contributed by atoms with van der Waals surface area (Å²) < 4.78 is 0. The molecule has 7 nitrogen and oxygen atoms in total. The molecule has 2 saturated carbocycles. The van der Waals surface area contributed by atoms with Crippen molar-refractivity contribution in [2.75, 3.05) is 11.9 Å². The minimum absolute atomic E-state index is 0.00183. The monoisotopic (exact) mass is 517 g/mol. The van der Waals surface area contributed by atoms with E-state index >= 15 is 0 Å². The molecule has 5 atom stereocenters. The van der Waals surface area contributed by atoms with Crippen molar-refractivity contribution >= 4 is 39.6 Å². The molecular formula is C26H35N3O4S2. The van der Waals surface area contributed by atoms with Crippen LogP contribution in [0.3, 0.4) is 0 Å². The molecule has 3 aliphatic rings. The number of aliphatic hydroxyl groups is 2. The predicted molar refractivity (Wildman–Crippen MR) is 137 cm³/mol. The Kier molecular flexibility index (Phi) is 6.80. The van der Waals surface area contributed by atoms with Gasteiger partial charge in [0, 0.05) is 33.4 Å². The van der Waals surface area contributed by atoms with Gasteiger partial charge in [0.05, 0.1) is 24.9 Å². The van der Waals surface area contributed by atoms with Crippen molar-refractivity contribution in [1.29, 1.82) is 0 Å². The van der Waals surface area contributed by atoms with E-state index in [0.717, 1.165) is 41.1 Å². The molecule has 5 rings (SSSR count). The maximum absolute atomic E-state index is 13.1. The Morgan fingerprint density at radius 1 is 1.26 bits per heavy atom. The average molecular weight is 518 g/mol. The van der Waals surface area contributed by atoms with Gasteiger partial charge >= 0.3 is 0 Å². The summed E-state index contributed by atoms with van der Waals surface area (Å²) in [5.41, 5.74) is -0.0520. The molecule has 4 N–H and O–H groups in total. The van der Waals surface area contributed by atoms with E-state index in [1.165, 1.54) is 11.3 Å². The Labute approximate surface area is 214 Å². The molecule has 0 spiro atoms. The number of fused-ring (bicyclic) bond motifs is 2. The molecule has 2 amide bonds. The van der Waals surface area contributed by atoms with Gasteiger partial charge in [0.15, 0.2) is 5.13 Å². The highest BCUT2D eigenvalue weighted by molar-refractivity contribution is 7.15. The van der Waals surface area contributed by atoms with Crippen molar-refractivity contribution in [3.05, 3.63) is 33.0 Å².